The maximum Gasteiger partial charge on any atom is 0.321 e. The Morgan fingerprint density at radius 2 is 1.76 bits per heavy atom. The molecule has 1 N–H and O–H groups in total. The molecule has 0 saturated carbocycles. The van der Waals surface area contributed by atoms with Crippen molar-refractivity contribution in [2.75, 3.05) is 36.4 Å². The number of carbonyl (C=O) groups excluding carboxylic acids is 1. The van der Waals surface area contributed by atoms with E-state index in [9.17, 15) is 4.79 Å². The van der Waals surface area contributed by atoms with Crippen LogP contribution < -0.4 is 10.2 Å². The molecule has 34 heavy (non-hydrogen) atoms. The van der Waals surface area contributed by atoms with Crippen LogP contribution in [-0.2, 0) is 4.74 Å². The summed E-state index contributed by atoms with van der Waals surface area (Å²) in [6.45, 7) is 7.02. The van der Waals surface area contributed by atoms with Crippen LogP contribution in [0.25, 0.3) is 11.5 Å². The molecule has 178 valence electrons. The van der Waals surface area contributed by atoms with Gasteiger partial charge in [-0.3, -0.25) is 4.98 Å². The predicted octanol–water partition coefficient (Wildman–Crippen LogP) is 4.16. The van der Waals surface area contributed by atoms with E-state index in [-0.39, 0.29) is 24.2 Å². The van der Waals surface area contributed by atoms with Gasteiger partial charge in [0.05, 0.1) is 23.6 Å². The van der Waals surface area contributed by atoms with Crippen molar-refractivity contribution < 1.29 is 14.1 Å². The number of ether oxygens (including phenoxy) is 1. The molecule has 0 bridgehead atoms. The van der Waals surface area contributed by atoms with E-state index in [1.165, 1.54) is 0 Å². The number of benzene rings is 1. The van der Waals surface area contributed by atoms with Gasteiger partial charge in [-0.05, 0) is 51.0 Å². The monoisotopic (exact) mass is 462 g/mol. The van der Waals surface area contributed by atoms with Gasteiger partial charge in [0, 0.05) is 38.3 Å². The van der Waals surface area contributed by atoms with E-state index < -0.39 is 0 Å². The van der Waals surface area contributed by atoms with Gasteiger partial charge < -0.3 is 24.4 Å². The summed E-state index contributed by atoms with van der Waals surface area (Å²) in [6.07, 6.45) is 3.55. The number of piperidine rings is 1. The highest BCUT2D eigenvalue weighted by molar-refractivity contribution is 5.93. The van der Waals surface area contributed by atoms with E-state index in [0.717, 1.165) is 37.3 Å². The van der Waals surface area contributed by atoms with Crippen LogP contribution in [-0.4, -0.2) is 64.4 Å². The van der Waals surface area contributed by atoms with Crippen molar-refractivity contribution in [1.29, 1.82) is 0 Å². The van der Waals surface area contributed by atoms with Crippen LogP contribution in [0.3, 0.4) is 0 Å². The van der Waals surface area contributed by atoms with Crippen molar-refractivity contribution in [3.05, 3.63) is 54.6 Å². The summed E-state index contributed by atoms with van der Waals surface area (Å²) in [4.78, 5) is 26.0. The normalized spacial score (nSPS) is 21.5. The Morgan fingerprint density at radius 1 is 1.03 bits per heavy atom. The van der Waals surface area contributed by atoms with E-state index in [0.29, 0.717) is 30.5 Å². The maximum atomic E-state index is 13.1. The lowest BCUT2D eigenvalue weighted by molar-refractivity contribution is -0.00517. The number of amides is 2. The molecule has 0 aliphatic carbocycles. The molecule has 2 atom stereocenters. The van der Waals surface area contributed by atoms with Crippen LogP contribution in [0, 0.1) is 0 Å². The van der Waals surface area contributed by atoms with Gasteiger partial charge in [-0.25, -0.2) is 4.79 Å². The number of likely N-dealkylation sites (tertiary alicyclic amines) is 1. The minimum atomic E-state index is -0.0834. The molecule has 2 amide bonds. The lowest BCUT2D eigenvalue weighted by Gasteiger charge is -2.38. The van der Waals surface area contributed by atoms with E-state index >= 15 is 0 Å². The molecule has 3 aromatic rings. The van der Waals surface area contributed by atoms with Crippen LogP contribution in [0.4, 0.5) is 16.2 Å². The van der Waals surface area contributed by atoms with E-state index in [4.69, 9.17) is 9.26 Å². The summed E-state index contributed by atoms with van der Waals surface area (Å²) in [7, 11) is 0. The van der Waals surface area contributed by atoms with Gasteiger partial charge >= 0.3 is 6.03 Å². The Hall–Kier alpha value is -3.46. The zero-order valence-electron chi connectivity index (χ0n) is 19.6. The number of rotatable bonds is 4. The van der Waals surface area contributed by atoms with Crippen molar-refractivity contribution in [1.82, 2.24) is 20.0 Å². The van der Waals surface area contributed by atoms with Crippen molar-refractivity contribution in [3.63, 3.8) is 0 Å². The van der Waals surface area contributed by atoms with Gasteiger partial charge in [-0.15, -0.1) is 0 Å². The third-order valence-corrected chi connectivity index (χ3v) is 6.37. The molecule has 9 nitrogen and oxygen atoms in total. The molecule has 0 radical (unpaired) electrons. The molecule has 1 aromatic carbocycles. The summed E-state index contributed by atoms with van der Waals surface area (Å²) in [6, 6.07) is 13.5. The van der Waals surface area contributed by atoms with Gasteiger partial charge in [0.2, 0.25) is 11.7 Å². The predicted molar refractivity (Wildman–Crippen MR) is 129 cm³/mol. The van der Waals surface area contributed by atoms with Crippen LogP contribution >= 0.6 is 0 Å². The first-order valence-electron chi connectivity index (χ1n) is 11.9. The molecule has 2 aromatic heterocycles. The number of aromatic nitrogens is 3. The second-order valence-corrected chi connectivity index (χ2v) is 9.04. The molecule has 5 rings (SSSR count). The number of urea groups is 1. The highest BCUT2D eigenvalue weighted by atomic mass is 16.5. The topological polar surface area (TPSA) is 96.6 Å². The smallest absolute Gasteiger partial charge is 0.321 e. The summed E-state index contributed by atoms with van der Waals surface area (Å²) >= 11 is 0. The molecule has 2 unspecified atom stereocenters. The number of carbonyl (C=O) groups is 1. The van der Waals surface area contributed by atoms with Crippen LogP contribution in [0.15, 0.2) is 53.2 Å². The summed E-state index contributed by atoms with van der Waals surface area (Å²) in [5, 5.41) is 7.21. The van der Waals surface area contributed by atoms with Crippen LogP contribution in [0.1, 0.15) is 38.5 Å². The Bertz CT molecular complexity index is 1100. The molecule has 4 heterocycles. The number of para-hydroxylation sites is 2. The van der Waals surface area contributed by atoms with Gasteiger partial charge in [-0.1, -0.05) is 23.4 Å². The SMILES string of the molecule is CC1CN(c2ccccc2NC(=O)N2CCC(c3nc(-c4ccccn4)no3)CC2)CC(C)O1. The highest BCUT2D eigenvalue weighted by Gasteiger charge is 2.29. The number of nitrogens with one attached hydrogen (secondary N) is 1. The Balaban J connectivity index is 1.20. The average Bonchev–Trinajstić information content (AvgIpc) is 3.35. The number of pyridine rings is 1. The molecule has 2 fully saturated rings. The minimum absolute atomic E-state index is 0.0834. The molecule has 0 spiro atoms. The van der Waals surface area contributed by atoms with Gasteiger partial charge in [0.1, 0.15) is 5.69 Å². The number of hydrogen-bond acceptors (Lipinski definition) is 7. The third-order valence-electron chi connectivity index (χ3n) is 6.37. The largest absolute Gasteiger partial charge is 0.372 e. The van der Waals surface area contributed by atoms with Crippen LogP contribution in [0.5, 0.6) is 0 Å². The maximum absolute atomic E-state index is 13.1. The fourth-order valence-electron chi connectivity index (χ4n) is 4.75. The first-order chi connectivity index (χ1) is 16.6. The fraction of sp³-hybridized carbons (Fsp3) is 0.440. The number of hydrogen-bond donors (Lipinski definition) is 1. The lowest BCUT2D eigenvalue weighted by Crippen LogP contribution is -2.46. The number of anilines is 2. The van der Waals surface area contributed by atoms with Crippen molar-refractivity contribution >= 4 is 17.4 Å². The third kappa shape index (κ3) is 4.89. The second-order valence-electron chi connectivity index (χ2n) is 9.04. The van der Waals surface area contributed by atoms with Gasteiger partial charge in [0.15, 0.2) is 0 Å². The number of morpholine rings is 1. The zero-order valence-corrected chi connectivity index (χ0v) is 19.6. The molecular weight excluding hydrogens is 432 g/mol. The van der Waals surface area contributed by atoms with E-state index in [1.54, 1.807) is 6.20 Å². The van der Waals surface area contributed by atoms with Crippen molar-refractivity contribution in [3.8, 4) is 11.5 Å². The molecule has 2 saturated heterocycles. The highest BCUT2D eigenvalue weighted by Crippen LogP contribution is 2.31. The minimum Gasteiger partial charge on any atom is -0.372 e. The Morgan fingerprint density at radius 3 is 2.50 bits per heavy atom. The Kier molecular flexibility index (Phi) is 6.44. The lowest BCUT2D eigenvalue weighted by atomic mass is 9.97. The fourth-order valence-corrected chi connectivity index (χ4v) is 4.75. The van der Waals surface area contributed by atoms with Gasteiger partial charge in [0.25, 0.3) is 0 Å². The first-order valence-corrected chi connectivity index (χ1v) is 11.9. The number of nitrogens with zero attached hydrogens (tertiary/aromatic N) is 5. The summed E-state index contributed by atoms with van der Waals surface area (Å²) in [5.74, 6) is 1.25. The Labute approximate surface area is 199 Å². The first kappa shape index (κ1) is 22.3. The van der Waals surface area contributed by atoms with E-state index in [2.05, 4.69) is 45.3 Å². The van der Waals surface area contributed by atoms with Crippen molar-refractivity contribution in [2.45, 2.75) is 44.8 Å². The molecule has 2 aliphatic rings. The average molecular weight is 463 g/mol. The van der Waals surface area contributed by atoms with Gasteiger partial charge in [-0.2, -0.15) is 4.98 Å². The molecule has 2 aliphatic heterocycles. The summed E-state index contributed by atoms with van der Waals surface area (Å²) in [5.41, 5.74) is 2.55. The quantitative estimate of drug-likeness (QED) is 0.622. The summed E-state index contributed by atoms with van der Waals surface area (Å²) < 4.78 is 11.4. The molecule has 9 heteroatoms. The molecular formula is C25H30N6O3. The standard InChI is InChI=1S/C25H30N6O3/c1-17-15-31(16-18(2)33-17)22-9-4-3-7-20(22)27-25(32)30-13-10-19(11-14-30)24-28-23(29-34-24)21-8-5-6-12-26-21/h3-9,12,17-19H,10-11,13-16H2,1-2H3,(H,27,32). The van der Waals surface area contributed by atoms with Crippen LogP contribution in [0.2, 0.25) is 0 Å². The van der Waals surface area contributed by atoms with Crippen molar-refractivity contribution in [2.24, 2.45) is 0 Å². The second kappa shape index (κ2) is 9.80. The zero-order chi connectivity index (χ0) is 23.5. The van der Waals surface area contributed by atoms with E-state index in [1.807, 2.05) is 41.3 Å².